The Kier molecular flexibility index (Phi) is 9.15. The number of rotatable bonds is 7. The van der Waals surface area contributed by atoms with Gasteiger partial charge in [-0.25, -0.2) is 0 Å². The molecule has 1 aliphatic carbocycles. The zero-order chi connectivity index (χ0) is 14.4. The topological polar surface area (TPSA) is 36.9 Å². The van der Waals surface area contributed by atoms with E-state index < -0.39 is 0 Å². The van der Waals surface area contributed by atoms with Crippen LogP contribution in [-0.4, -0.2) is 44.7 Å². The summed E-state index contributed by atoms with van der Waals surface area (Å²) in [5.41, 5.74) is 0. The van der Waals surface area contributed by atoms with Crippen LogP contribution in [0.25, 0.3) is 0 Å². The van der Waals surface area contributed by atoms with Crippen molar-refractivity contribution in [2.24, 2.45) is 10.9 Å². The standard InChI is InChI=1S/C14H22BrN3OS.HI/c1-16-14(17-8-13-7-12(15)10-20-13)18(2)5-6-19-9-11-3-4-11;/h7,10-11H,3-6,8-9H2,1-2H3,(H,16,17);1H. The minimum absolute atomic E-state index is 0. The molecule has 7 heteroatoms. The monoisotopic (exact) mass is 487 g/mol. The third-order valence-electron chi connectivity index (χ3n) is 3.24. The molecule has 4 nitrogen and oxygen atoms in total. The fourth-order valence-electron chi connectivity index (χ4n) is 1.84. The molecule has 0 amide bonds. The molecular formula is C14H23BrIN3OS. The van der Waals surface area contributed by atoms with Crippen LogP contribution in [0.1, 0.15) is 17.7 Å². The molecule has 1 saturated carbocycles. The molecular weight excluding hydrogens is 465 g/mol. The predicted molar refractivity (Wildman–Crippen MR) is 104 cm³/mol. The van der Waals surface area contributed by atoms with Crippen LogP contribution in [-0.2, 0) is 11.3 Å². The smallest absolute Gasteiger partial charge is 0.193 e. The van der Waals surface area contributed by atoms with E-state index in [0.717, 1.165) is 42.7 Å². The van der Waals surface area contributed by atoms with Gasteiger partial charge in [0.25, 0.3) is 0 Å². The summed E-state index contributed by atoms with van der Waals surface area (Å²) in [4.78, 5) is 7.70. The minimum atomic E-state index is 0. The Bertz CT molecular complexity index is 451. The highest BCUT2D eigenvalue weighted by atomic mass is 127. The molecule has 1 aliphatic rings. The number of halogens is 2. The molecule has 1 fully saturated rings. The van der Waals surface area contributed by atoms with E-state index >= 15 is 0 Å². The highest BCUT2D eigenvalue weighted by Crippen LogP contribution is 2.28. The van der Waals surface area contributed by atoms with Crippen LogP contribution in [0.15, 0.2) is 20.9 Å². The van der Waals surface area contributed by atoms with Crippen molar-refractivity contribution in [2.75, 3.05) is 33.9 Å². The van der Waals surface area contributed by atoms with Crippen molar-refractivity contribution in [3.63, 3.8) is 0 Å². The lowest BCUT2D eigenvalue weighted by Crippen LogP contribution is -2.40. The highest BCUT2D eigenvalue weighted by molar-refractivity contribution is 14.0. The summed E-state index contributed by atoms with van der Waals surface area (Å²) in [5, 5.41) is 5.46. The van der Waals surface area contributed by atoms with E-state index in [1.165, 1.54) is 17.7 Å². The van der Waals surface area contributed by atoms with Crippen LogP contribution >= 0.6 is 51.2 Å². The van der Waals surface area contributed by atoms with Gasteiger partial charge in [-0.15, -0.1) is 35.3 Å². The maximum atomic E-state index is 5.66. The van der Waals surface area contributed by atoms with E-state index in [0.29, 0.717) is 0 Å². The Morgan fingerprint density at radius 1 is 1.57 bits per heavy atom. The van der Waals surface area contributed by atoms with Crippen molar-refractivity contribution in [2.45, 2.75) is 19.4 Å². The predicted octanol–water partition coefficient (Wildman–Crippen LogP) is 3.56. The number of ether oxygens (including phenoxy) is 1. The van der Waals surface area contributed by atoms with Crippen molar-refractivity contribution in [3.05, 3.63) is 20.8 Å². The van der Waals surface area contributed by atoms with Crippen molar-refractivity contribution in [1.82, 2.24) is 10.2 Å². The molecule has 1 aromatic heterocycles. The Morgan fingerprint density at radius 2 is 2.33 bits per heavy atom. The Morgan fingerprint density at radius 3 is 2.90 bits per heavy atom. The summed E-state index contributed by atoms with van der Waals surface area (Å²) < 4.78 is 6.80. The van der Waals surface area contributed by atoms with Gasteiger partial charge in [0, 0.05) is 42.0 Å². The number of likely N-dealkylation sites (N-methyl/N-ethyl adjacent to an activating group) is 1. The molecule has 0 bridgehead atoms. The zero-order valence-electron chi connectivity index (χ0n) is 12.5. The summed E-state index contributed by atoms with van der Waals surface area (Å²) in [7, 11) is 3.86. The molecule has 0 radical (unpaired) electrons. The molecule has 120 valence electrons. The molecule has 0 atom stereocenters. The number of nitrogens with zero attached hydrogens (tertiary/aromatic N) is 2. The lowest BCUT2D eigenvalue weighted by atomic mass is 10.4. The van der Waals surface area contributed by atoms with Gasteiger partial charge in [0.2, 0.25) is 0 Å². The first-order chi connectivity index (χ1) is 9.69. The number of hydrogen-bond acceptors (Lipinski definition) is 3. The zero-order valence-corrected chi connectivity index (χ0v) is 17.2. The van der Waals surface area contributed by atoms with Gasteiger partial charge in [0.15, 0.2) is 5.96 Å². The summed E-state index contributed by atoms with van der Waals surface area (Å²) in [5.74, 6) is 1.74. The molecule has 2 rings (SSSR count). The largest absolute Gasteiger partial charge is 0.379 e. The fraction of sp³-hybridized carbons (Fsp3) is 0.643. The first kappa shape index (κ1) is 19.2. The van der Waals surface area contributed by atoms with Crippen molar-refractivity contribution in [3.8, 4) is 0 Å². The molecule has 21 heavy (non-hydrogen) atoms. The second kappa shape index (κ2) is 10.0. The van der Waals surface area contributed by atoms with E-state index in [1.807, 2.05) is 14.1 Å². The van der Waals surface area contributed by atoms with E-state index in [1.54, 1.807) is 11.3 Å². The molecule has 0 aliphatic heterocycles. The number of nitrogens with one attached hydrogen (secondary N) is 1. The fourth-order valence-corrected chi connectivity index (χ4v) is 3.23. The van der Waals surface area contributed by atoms with E-state index in [4.69, 9.17) is 4.74 Å². The van der Waals surface area contributed by atoms with E-state index in [-0.39, 0.29) is 24.0 Å². The lowest BCUT2D eigenvalue weighted by molar-refractivity contribution is 0.115. The average molecular weight is 488 g/mol. The van der Waals surface area contributed by atoms with E-state index in [9.17, 15) is 0 Å². The van der Waals surface area contributed by atoms with Crippen molar-refractivity contribution in [1.29, 1.82) is 0 Å². The number of guanidine groups is 1. The summed E-state index contributed by atoms with van der Waals surface area (Å²) in [6.07, 6.45) is 2.69. The van der Waals surface area contributed by atoms with Gasteiger partial charge in [-0.3, -0.25) is 4.99 Å². The molecule has 0 unspecified atom stereocenters. The second-order valence-electron chi connectivity index (χ2n) is 5.07. The first-order valence-corrected chi connectivity index (χ1v) is 8.58. The normalized spacial score (nSPS) is 14.7. The molecule has 1 aromatic rings. The van der Waals surface area contributed by atoms with Crippen molar-refractivity contribution < 1.29 is 4.74 Å². The minimum Gasteiger partial charge on any atom is -0.379 e. The first-order valence-electron chi connectivity index (χ1n) is 6.91. The number of hydrogen-bond donors (Lipinski definition) is 1. The van der Waals surface area contributed by atoms with Crippen molar-refractivity contribution >= 4 is 57.2 Å². The third kappa shape index (κ3) is 7.30. The Hall–Kier alpha value is 0.140. The molecule has 0 saturated heterocycles. The van der Waals surface area contributed by atoms with Gasteiger partial charge in [-0.2, -0.15) is 0 Å². The van der Waals surface area contributed by atoms with Crippen LogP contribution in [0.5, 0.6) is 0 Å². The van der Waals surface area contributed by atoms with Crippen LogP contribution < -0.4 is 5.32 Å². The van der Waals surface area contributed by atoms with Gasteiger partial charge >= 0.3 is 0 Å². The third-order valence-corrected chi connectivity index (χ3v) is 4.93. The van der Waals surface area contributed by atoms with Crippen LogP contribution in [0.2, 0.25) is 0 Å². The maximum absolute atomic E-state index is 5.66. The van der Waals surface area contributed by atoms with Gasteiger partial charge in [0.1, 0.15) is 0 Å². The average Bonchev–Trinajstić information content (AvgIpc) is 3.17. The molecule has 0 aromatic carbocycles. The quantitative estimate of drug-likeness (QED) is 0.276. The van der Waals surface area contributed by atoms with E-state index in [2.05, 4.69) is 42.6 Å². The van der Waals surface area contributed by atoms with Gasteiger partial charge in [-0.05, 0) is 40.8 Å². The van der Waals surface area contributed by atoms with Gasteiger partial charge in [0.05, 0.1) is 13.2 Å². The molecule has 1 heterocycles. The Labute approximate surface area is 156 Å². The highest BCUT2D eigenvalue weighted by Gasteiger charge is 2.21. The molecule has 0 spiro atoms. The maximum Gasteiger partial charge on any atom is 0.193 e. The number of thiophene rings is 1. The lowest BCUT2D eigenvalue weighted by Gasteiger charge is -2.21. The summed E-state index contributed by atoms with van der Waals surface area (Å²) in [6, 6.07) is 2.13. The van der Waals surface area contributed by atoms with Gasteiger partial charge < -0.3 is 15.0 Å². The Balaban J connectivity index is 0.00000220. The van der Waals surface area contributed by atoms with Crippen LogP contribution in [0.4, 0.5) is 0 Å². The molecule has 1 N–H and O–H groups in total. The second-order valence-corrected chi connectivity index (χ2v) is 6.98. The summed E-state index contributed by atoms with van der Waals surface area (Å²) in [6.45, 7) is 3.35. The van der Waals surface area contributed by atoms with Crippen LogP contribution in [0, 0.1) is 5.92 Å². The number of aliphatic imine (C=N–C) groups is 1. The van der Waals surface area contributed by atoms with Gasteiger partial charge in [-0.1, -0.05) is 0 Å². The summed E-state index contributed by atoms with van der Waals surface area (Å²) >= 11 is 5.21. The van der Waals surface area contributed by atoms with Crippen LogP contribution in [0.3, 0.4) is 0 Å². The SMILES string of the molecule is CN=C(NCc1cc(Br)cs1)N(C)CCOCC1CC1.I.